The van der Waals surface area contributed by atoms with E-state index < -0.39 is 15.9 Å². The van der Waals surface area contributed by atoms with E-state index in [-0.39, 0.29) is 53.5 Å². The van der Waals surface area contributed by atoms with Crippen molar-refractivity contribution in [3.63, 3.8) is 0 Å². The minimum Gasteiger partial charge on any atom is -0.383 e. The molecule has 2 amide bonds. The van der Waals surface area contributed by atoms with Gasteiger partial charge in [-0.3, -0.25) is 9.59 Å². The highest BCUT2D eigenvalue weighted by atomic mass is 35.5. The third kappa shape index (κ3) is 3.82. The molecule has 0 aliphatic carbocycles. The number of hydrogen-bond donors (Lipinski definition) is 1. The molecule has 2 aliphatic rings. The van der Waals surface area contributed by atoms with Crippen LogP contribution in [0.5, 0.6) is 0 Å². The summed E-state index contributed by atoms with van der Waals surface area (Å²) in [5, 5.41) is 3.08. The zero-order chi connectivity index (χ0) is 18.9. The fraction of sp³-hybridized carbons (Fsp3) is 0.529. The van der Waals surface area contributed by atoms with Crippen molar-refractivity contribution in [2.24, 2.45) is 0 Å². The molecule has 1 unspecified atom stereocenters. The Kier molecular flexibility index (Phi) is 6.85. The van der Waals surface area contributed by atoms with Gasteiger partial charge in [0, 0.05) is 31.8 Å². The monoisotopic (exact) mass is 417 g/mol. The second-order valence-electron chi connectivity index (χ2n) is 6.44. The number of likely N-dealkylation sites (tertiary alicyclic amines) is 1. The number of hydrogen-bond acceptors (Lipinski definition) is 6. The summed E-state index contributed by atoms with van der Waals surface area (Å²) in [7, 11) is -0.675. The smallest absolute Gasteiger partial charge is 0.269 e. The summed E-state index contributed by atoms with van der Waals surface area (Å²) in [6, 6.07) is 4.38. The van der Waals surface area contributed by atoms with Crippen molar-refractivity contribution in [3.05, 3.63) is 29.3 Å². The van der Waals surface area contributed by atoms with E-state index >= 15 is 0 Å². The predicted octanol–water partition coefficient (Wildman–Crippen LogP) is 0.723. The number of halogens is 1. The standard InChI is InChI=1S/C17H23N3O5S.ClH/c1-18-11-13-4-3-7-19(13)16(21)12-5-6-14-15(10-12)26(23,24)20(17(14)22)8-9-25-2;/h5-6,10,13,18H,3-4,7-9,11H2,1-2H3;1H. The number of nitrogens with zero attached hydrogens (tertiary/aromatic N) is 2. The third-order valence-corrected chi connectivity index (χ3v) is 6.65. The molecule has 1 aromatic rings. The lowest BCUT2D eigenvalue weighted by molar-refractivity contribution is 0.0735. The van der Waals surface area contributed by atoms with Crippen LogP contribution in [0.2, 0.25) is 0 Å². The highest BCUT2D eigenvalue weighted by Crippen LogP contribution is 2.31. The quantitative estimate of drug-likeness (QED) is 0.732. The van der Waals surface area contributed by atoms with Gasteiger partial charge in [-0.1, -0.05) is 0 Å². The zero-order valence-corrected chi connectivity index (χ0v) is 16.9. The first kappa shape index (κ1) is 21.6. The van der Waals surface area contributed by atoms with Gasteiger partial charge < -0.3 is 15.0 Å². The summed E-state index contributed by atoms with van der Waals surface area (Å²) in [6.07, 6.45) is 1.84. The van der Waals surface area contributed by atoms with Gasteiger partial charge in [0.05, 0.1) is 18.7 Å². The van der Waals surface area contributed by atoms with Gasteiger partial charge in [0.15, 0.2) is 0 Å². The van der Waals surface area contributed by atoms with E-state index in [4.69, 9.17) is 4.74 Å². The summed E-state index contributed by atoms with van der Waals surface area (Å²) in [5.74, 6) is -0.783. The van der Waals surface area contributed by atoms with Gasteiger partial charge in [-0.25, -0.2) is 12.7 Å². The molecule has 2 aliphatic heterocycles. The van der Waals surface area contributed by atoms with Gasteiger partial charge in [-0.2, -0.15) is 0 Å². The highest BCUT2D eigenvalue weighted by molar-refractivity contribution is 7.90. The van der Waals surface area contributed by atoms with Gasteiger partial charge in [-0.05, 0) is 38.1 Å². The first-order valence-corrected chi connectivity index (χ1v) is 10.0. The molecule has 0 aromatic heterocycles. The predicted molar refractivity (Wildman–Crippen MR) is 102 cm³/mol. The maximum atomic E-state index is 12.9. The van der Waals surface area contributed by atoms with Crippen LogP contribution in [0.15, 0.2) is 23.1 Å². The third-order valence-electron chi connectivity index (χ3n) is 4.83. The van der Waals surface area contributed by atoms with Crippen LogP contribution in [0.3, 0.4) is 0 Å². The Labute approximate surface area is 165 Å². The van der Waals surface area contributed by atoms with Crippen molar-refractivity contribution < 1.29 is 22.7 Å². The van der Waals surface area contributed by atoms with Crippen molar-refractivity contribution in [2.75, 3.05) is 40.4 Å². The number of methoxy groups -OCH3 is 1. The fourth-order valence-electron chi connectivity index (χ4n) is 3.52. The minimum absolute atomic E-state index is 0. The lowest BCUT2D eigenvalue weighted by atomic mass is 10.1. The van der Waals surface area contributed by atoms with Gasteiger partial charge in [0.25, 0.3) is 21.8 Å². The summed E-state index contributed by atoms with van der Waals surface area (Å²) < 4.78 is 31.0. The Morgan fingerprint density at radius 3 is 2.78 bits per heavy atom. The van der Waals surface area contributed by atoms with Crippen molar-refractivity contribution in [1.29, 1.82) is 0 Å². The van der Waals surface area contributed by atoms with Crippen molar-refractivity contribution in [1.82, 2.24) is 14.5 Å². The molecule has 1 atom stereocenters. The summed E-state index contributed by atoms with van der Waals surface area (Å²) in [4.78, 5) is 26.9. The van der Waals surface area contributed by atoms with Crippen LogP contribution in [0.4, 0.5) is 0 Å². The number of nitrogens with one attached hydrogen (secondary N) is 1. The van der Waals surface area contributed by atoms with Crippen molar-refractivity contribution in [3.8, 4) is 0 Å². The van der Waals surface area contributed by atoms with E-state index in [0.717, 1.165) is 17.1 Å². The molecule has 1 N–H and O–H groups in total. The number of sulfonamides is 1. The van der Waals surface area contributed by atoms with Gasteiger partial charge >= 0.3 is 0 Å². The number of carbonyl (C=O) groups excluding carboxylic acids is 2. The summed E-state index contributed by atoms with van der Waals surface area (Å²) in [5.41, 5.74) is 0.391. The van der Waals surface area contributed by atoms with Crippen LogP contribution in [-0.4, -0.2) is 75.9 Å². The fourth-order valence-corrected chi connectivity index (χ4v) is 5.10. The van der Waals surface area contributed by atoms with E-state index in [9.17, 15) is 18.0 Å². The number of benzene rings is 1. The molecule has 1 aromatic carbocycles. The molecule has 8 nitrogen and oxygen atoms in total. The van der Waals surface area contributed by atoms with Crippen LogP contribution >= 0.6 is 12.4 Å². The van der Waals surface area contributed by atoms with Gasteiger partial charge in [0.1, 0.15) is 4.90 Å². The molecular formula is C17H24ClN3O5S. The van der Waals surface area contributed by atoms with E-state index in [1.165, 1.54) is 25.3 Å². The number of likely N-dealkylation sites (N-methyl/N-ethyl adjacent to an activating group) is 1. The van der Waals surface area contributed by atoms with E-state index in [1.807, 2.05) is 7.05 Å². The Hall–Kier alpha value is -1.68. The van der Waals surface area contributed by atoms with Crippen LogP contribution in [-0.2, 0) is 14.8 Å². The van der Waals surface area contributed by atoms with Crippen molar-refractivity contribution >= 4 is 34.2 Å². The average Bonchev–Trinajstić information content (AvgIpc) is 3.15. The van der Waals surface area contributed by atoms with Crippen LogP contribution in [0, 0.1) is 0 Å². The average molecular weight is 418 g/mol. The van der Waals surface area contributed by atoms with Crippen LogP contribution in [0.1, 0.15) is 33.6 Å². The highest BCUT2D eigenvalue weighted by Gasteiger charge is 2.41. The normalized spacial score (nSPS) is 20.5. The maximum Gasteiger partial charge on any atom is 0.269 e. The largest absolute Gasteiger partial charge is 0.383 e. The van der Waals surface area contributed by atoms with Gasteiger partial charge in [-0.15, -0.1) is 12.4 Å². The van der Waals surface area contributed by atoms with Crippen LogP contribution < -0.4 is 5.32 Å². The van der Waals surface area contributed by atoms with E-state index in [2.05, 4.69) is 5.32 Å². The number of fused-ring (bicyclic) bond motifs is 1. The number of amides is 2. The number of carbonyl (C=O) groups is 2. The SMILES string of the molecule is CNCC1CCCN1C(=O)c1ccc2c(c1)S(=O)(=O)N(CCOC)C2=O.Cl. The second kappa shape index (κ2) is 8.55. The molecule has 0 saturated carbocycles. The molecule has 10 heteroatoms. The number of ether oxygens (including phenoxy) is 1. The van der Waals surface area contributed by atoms with Crippen LogP contribution in [0.25, 0.3) is 0 Å². The first-order chi connectivity index (χ1) is 12.4. The Morgan fingerprint density at radius 2 is 2.11 bits per heavy atom. The summed E-state index contributed by atoms with van der Waals surface area (Å²) in [6.45, 7) is 1.41. The lowest BCUT2D eigenvalue weighted by Gasteiger charge is -2.24. The first-order valence-electron chi connectivity index (χ1n) is 8.57. The Morgan fingerprint density at radius 1 is 1.37 bits per heavy atom. The molecule has 1 saturated heterocycles. The molecular weight excluding hydrogens is 394 g/mol. The molecule has 3 rings (SSSR count). The Bertz CT molecular complexity index is 830. The van der Waals surface area contributed by atoms with E-state index in [1.54, 1.807) is 4.90 Å². The second-order valence-corrected chi connectivity index (χ2v) is 8.27. The van der Waals surface area contributed by atoms with Gasteiger partial charge in [0.2, 0.25) is 0 Å². The lowest BCUT2D eigenvalue weighted by Crippen LogP contribution is -2.40. The van der Waals surface area contributed by atoms with E-state index in [0.29, 0.717) is 13.1 Å². The molecule has 2 heterocycles. The topological polar surface area (TPSA) is 96.0 Å². The Balaban J connectivity index is 0.00000261. The molecule has 27 heavy (non-hydrogen) atoms. The molecule has 0 bridgehead atoms. The maximum absolute atomic E-state index is 12.9. The summed E-state index contributed by atoms with van der Waals surface area (Å²) >= 11 is 0. The molecule has 0 spiro atoms. The molecule has 0 radical (unpaired) electrons. The number of rotatable bonds is 6. The molecule has 150 valence electrons. The minimum atomic E-state index is -3.95. The molecule has 1 fully saturated rings. The zero-order valence-electron chi connectivity index (χ0n) is 15.3. The van der Waals surface area contributed by atoms with Crippen molar-refractivity contribution in [2.45, 2.75) is 23.8 Å².